The standard InChI is InChI=1S/C14H19NO4S/c15-14(16)9-19-12-5-3-4-11(8-12)10-20(17,18)13-6-1-2-7-13/h3-5,8,13H,1-2,6-7,9-10H2,(H2,15,16). The Hall–Kier alpha value is -1.56. The van der Waals surface area contributed by atoms with Crippen molar-refractivity contribution in [3.05, 3.63) is 29.8 Å². The molecule has 0 saturated heterocycles. The van der Waals surface area contributed by atoms with Gasteiger partial charge in [-0.15, -0.1) is 0 Å². The highest BCUT2D eigenvalue weighted by Crippen LogP contribution is 2.27. The van der Waals surface area contributed by atoms with Gasteiger partial charge in [0, 0.05) is 0 Å². The molecule has 1 amide bonds. The molecule has 1 aliphatic rings. The zero-order chi connectivity index (χ0) is 14.6. The predicted octanol–water partition coefficient (Wildman–Crippen LogP) is 1.41. The van der Waals surface area contributed by atoms with E-state index in [1.807, 2.05) is 0 Å². The van der Waals surface area contributed by atoms with Crippen LogP contribution < -0.4 is 10.5 Å². The number of hydrogen-bond donors (Lipinski definition) is 1. The molecule has 6 heteroatoms. The number of sulfone groups is 1. The van der Waals surface area contributed by atoms with Crippen LogP contribution in [0.5, 0.6) is 5.75 Å². The summed E-state index contributed by atoms with van der Waals surface area (Å²) < 4.78 is 29.7. The summed E-state index contributed by atoms with van der Waals surface area (Å²) in [6, 6.07) is 6.80. The summed E-state index contributed by atoms with van der Waals surface area (Å²) >= 11 is 0. The van der Waals surface area contributed by atoms with Crippen LogP contribution in [0.15, 0.2) is 24.3 Å². The molecule has 5 nitrogen and oxygen atoms in total. The second kappa shape index (κ2) is 6.26. The molecule has 0 aliphatic heterocycles. The van der Waals surface area contributed by atoms with Crippen molar-refractivity contribution in [2.24, 2.45) is 5.73 Å². The molecular formula is C14H19NO4S. The Morgan fingerprint density at radius 3 is 2.65 bits per heavy atom. The first-order valence-electron chi connectivity index (χ1n) is 6.69. The van der Waals surface area contributed by atoms with Crippen LogP contribution in [-0.2, 0) is 20.4 Å². The third-order valence-corrected chi connectivity index (χ3v) is 5.68. The maximum absolute atomic E-state index is 12.3. The third kappa shape index (κ3) is 3.96. The summed E-state index contributed by atoms with van der Waals surface area (Å²) in [5.74, 6) is -0.0808. The van der Waals surface area contributed by atoms with E-state index < -0.39 is 15.7 Å². The van der Waals surface area contributed by atoms with Gasteiger partial charge in [-0.1, -0.05) is 25.0 Å². The second-order valence-corrected chi connectivity index (χ2v) is 7.40. The topological polar surface area (TPSA) is 86.5 Å². The Kier molecular flexibility index (Phi) is 4.65. The van der Waals surface area contributed by atoms with Gasteiger partial charge in [-0.05, 0) is 30.5 Å². The average Bonchev–Trinajstić information content (AvgIpc) is 2.91. The highest BCUT2D eigenvalue weighted by Gasteiger charge is 2.28. The third-order valence-electron chi connectivity index (χ3n) is 3.46. The highest BCUT2D eigenvalue weighted by molar-refractivity contribution is 7.91. The summed E-state index contributed by atoms with van der Waals surface area (Å²) in [6.45, 7) is -0.209. The van der Waals surface area contributed by atoms with Crippen molar-refractivity contribution in [3.8, 4) is 5.75 Å². The fraction of sp³-hybridized carbons (Fsp3) is 0.500. The first-order chi connectivity index (χ1) is 9.47. The number of hydrogen-bond acceptors (Lipinski definition) is 4. The molecule has 1 aliphatic carbocycles. The van der Waals surface area contributed by atoms with E-state index in [-0.39, 0.29) is 17.6 Å². The SMILES string of the molecule is NC(=O)COc1cccc(CS(=O)(=O)C2CCCC2)c1. The van der Waals surface area contributed by atoms with Gasteiger partial charge in [0.1, 0.15) is 5.75 Å². The molecule has 2 N–H and O–H groups in total. The Bertz CT molecular complexity index is 577. The lowest BCUT2D eigenvalue weighted by Crippen LogP contribution is -2.20. The largest absolute Gasteiger partial charge is 0.484 e. The van der Waals surface area contributed by atoms with Crippen molar-refractivity contribution in [3.63, 3.8) is 0 Å². The van der Waals surface area contributed by atoms with Gasteiger partial charge in [0.25, 0.3) is 5.91 Å². The molecule has 0 bridgehead atoms. The number of rotatable bonds is 6. The summed E-state index contributed by atoms with van der Waals surface area (Å²) in [5.41, 5.74) is 5.68. The molecule has 0 spiro atoms. The molecule has 0 radical (unpaired) electrons. The van der Waals surface area contributed by atoms with Crippen LogP contribution in [-0.4, -0.2) is 26.2 Å². The average molecular weight is 297 g/mol. The van der Waals surface area contributed by atoms with Crippen LogP contribution >= 0.6 is 0 Å². The molecule has 0 aromatic heterocycles. The summed E-state index contributed by atoms with van der Waals surface area (Å²) in [5, 5.41) is -0.210. The number of carbonyl (C=O) groups is 1. The maximum Gasteiger partial charge on any atom is 0.255 e. The van der Waals surface area contributed by atoms with E-state index in [0.29, 0.717) is 11.3 Å². The summed E-state index contributed by atoms with van der Waals surface area (Å²) in [4.78, 5) is 10.7. The van der Waals surface area contributed by atoms with Crippen molar-refractivity contribution < 1.29 is 17.9 Å². The number of amides is 1. The number of nitrogens with two attached hydrogens (primary N) is 1. The van der Waals surface area contributed by atoms with E-state index >= 15 is 0 Å². The Balaban J connectivity index is 2.05. The molecule has 2 rings (SSSR count). The molecular weight excluding hydrogens is 278 g/mol. The second-order valence-electron chi connectivity index (χ2n) is 5.12. The fourth-order valence-electron chi connectivity index (χ4n) is 2.48. The Morgan fingerprint density at radius 1 is 1.30 bits per heavy atom. The molecule has 0 atom stereocenters. The number of carbonyl (C=O) groups excluding carboxylic acids is 1. The normalized spacial score (nSPS) is 16.2. The minimum atomic E-state index is -3.11. The lowest BCUT2D eigenvalue weighted by molar-refractivity contribution is -0.119. The van der Waals surface area contributed by atoms with E-state index in [1.165, 1.54) is 0 Å². The molecule has 1 fully saturated rings. The highest BCUT2D eigenvalue weighted by atomic mass is 32.2. The number of ether oxygens (including phenoxy) is 1. The van der Waals surface area contributed by atoms with Gasteiger partial charge in [-0.2, -0.15) is 0 Å². The zero-order valence-electron chi connectivity index (χ0n) is 11.2. The number of primary amides is 1. The van der Waals surface area contributed by atoms with Gasteiger partial charge in [0.15, 0.2) is 16.4 Å². The molecule has 20 heavy (non-hydrogen) atoms. The first-order valence-corrected chi connectivity index (χ1v) is 8.40. The van der Waals surface area contributed by atoms with Crippen molar-refractivity contribution in [1.82, 2.24) is 0 Å². The van der Waals surface area contributed by atoms with E-state index in [1.54, 1.807) is 24.3 Å². The molecule has 0 heterocycles. The minimum Gasteiger partial charge on any atom is -0.484 e. The van der Waals surface area contributed by atoms with E-state index in [2.05, 4.69) is 0 Å². The Morgan fingerprint density at radius 2 is 2.00 bits per heavy atom. The zero-order valence-corrected chi connectivity index (χ0v) is 12.1. The molecule has 0 unspecified atom stereocenters. The van der Waals surface area contributed by atoms with Gasteiger partial charge >= 0.3 is 0 Å². The van der Waals surface area contributed by atoms with Crippen LogP contribution in [0.4, 0.5) is 0 Å². The van der Waals surface area contributed by atoms with Crippen molar-refractivity contribution in [1.29, 1.82) is 0 Å². The monoisotopic (exact) mass is 297 g/mol. The van der Waals surface area contributed by atoms with Crippen LogP contribution in [0.3, 0.4) is 0 Å². The van der Waals surface area contributed by atoms with E-state index in [4.69, 9.17) is 10.5 Å². The van der Waals surface area contributed by atoms with Crippen LogP contribution in [0.2, 0.25) is 0 Å². The molecule has 1 aromatic rings. The van der Waals surface area contributed by atoms with Gasteiger partial charge in [-0.25, -0.2) is 8.42 Å². The fourth-order valence-corrected chi connectivity index (χ4v) is 4.41. The first kappa shape index (κ1) is 14.8. The van der Waals surface area contributed by atoms with Gasteiger partial charge in [0.05, 0.1) is 11.0 Å². The molecule has 1 saturated carbocycles. The summed E-state index contributed by atoms with van der Waals surface area (Å²) in [7, 11) is -3.11. The van der Waals surface area contributed by atoms with E-state index in [0.717, 1.165) is 25.7 Å². The smallest absolute Gasteiger partial charge is 0.255 e. The van der Waals surface area contributed by atoms with Crippen molar-refractivity contribution >= 4 is 15.7 Å². The lowest BCUT2D eigenvalue weighted by atomic mass is 10.2. The van der Waals surface area contributed by atoms with Gasteiger partial charge < -0.3 is 10.5 Å². The van der Waals surface area contributed by atoms with Crippen LogP contribution in [0.25, 0.3) is 0 Å². The lowest BCUT2D eigenvalue weighted by Gasteiger charge is -2.12. The van der Waals surface area contributed by atoms with E-state index in [9.17, 15) is 13.2 Å². The maximum atomic E-state index is 12.3. The van der Waals surface area contributed by atoms with Gasteiger partial charge in [0.2, 0.25) is 0 Å². The van der Waals surface area contributed by atoms with Crippen molar-refractivity contribution in [2.75, 3.05) is 6.61 Å². The van der Waals surface area contributed by atoms with Crippen molar-refractivity contribution in [2.45, 2.75) is 36.7 Å². The van der Waals surface area contributed by atoms with Gasteiger partial charge in [-0.3, -0.25) is 4.79 Å². The minimum absolute atomic E-state index is 0.0193. The molecule has 1 aromatic carbocycles. The van der Waals surface area contributed by atoms with Crippen LogP contribution in [0, 0.1) is 0 Å². The molecule has 110 valence electrons. The number of benzene rings is 1. The predicted molar refractivity (Wildman–Crippen MR) is 76.0 cm³/mol. The van der Waals surface area contributed by atoms with Crippen LogP contribution in [0.1, 0.15) is 31.2 Å². The quantitative estimate of drug-likeness (QED) is 0.860. The Labute approximate surface area is 119 Å². The summed E-state index contributed by atoms with van der Waals surface area (Å²) in [6.07, 6.45) is 3.51.